The third kappa shape index (κ3) is 3.84. The first-order chi connectivity index (χ1) is 14.1. The van der Waals surface area contributed by atoms with Crippen LogP contribution in [0.1, 0.15) is 5.56 Å². The number of benzene rings is 2. The molecule has 29 heavy (non-hydrogen) atoms. The number of rotatable bonds is 5. The minimum Gasteiger partial charge on any atom is -0.347 e. The normalized spacial score (nSPS) is 10.4. The van der Waals surface area contributed by atoms with Gasteiger partial charge in [0.1, 0.15) is 5.39 Å². The van der Waals surface area contributed by atoms with Crippen molar-refractivity contribution in [1.29, 1.82) is 0 Å². The minimum absolute atomic E-state index is 0.0891. The average molecular weight is 384 g/mol. The number of para-hydroxylation sites is 1. The molecule has 8 heteroatoms. The summed E-state index contributed by atoms with van der Waals surface area (Å²) in [6.45, 7) is -0.0891. The number of carbonyl (C=O) groups is 1. The molecule has 3 N–H and O–H groups in total. The van der Waals surface area contributed by atoms with Crippen LogP contribution in [0.25, 0.3) is 16.7 Å². The number of fused-ring (bicyclic) bond motifs is 1. The van der Waals surface area contributed by atoms with Gasteiger partial charge in [0, 0.05) is 11.3 Å². The van der Waals surface area contributed by atoms with E-state index in [2.05, 4.69) is 31.6 Å². The highest BCUT2D eigenvalue weighted by atomic mass is 16.2. The fraction of sp³-hybridized carbons (Fsp3) is 0.0476. The van der Waals surface area contributed by atoms with Gasteiger partial charge >= 0.3 is 0 Å². The highest BCUT2D eigenvalue weighted by Gasteiger charge is 2.12. The maximum Gasteiger partial charge on any atom is 0.263 e. The van der Waals surface area contributed by atoms with Crippen molar-refractivity contribution in [3.63, 3.8) is 0 Å². The second-order valence-corrected chi connectivity index (χ2v) is 6.17. The lowest BCUT2D eigenvalue weighted by atomic mass is 10.2. The van der Waals surface area contributed by atoms with Gasteiger partial charge in [-0.3, -0.25) is 14.6 Å². The summed E-state index contributed by atoms with van der Waals surface area (Å²) in [5, 5.41) is 10.2. The van der Waals surface area contributed by atoms with Crippen molar-refractivity contribution >= 4 is 28.6 Å². The SMILES string of the molecule is C#Cc1cccc(NC(=O)CNc2nc3c(cnn3-c3ccccc3)c(=O)[nH]2)c1. The molecule has 0 fully saturated rings. The van der Waals surface area contributed by atoms with Crippen molar-refractivity contribution in [1.82, 2.24) is 19.7 Å². The molecule has 0 radical (unpaired) electrons. The summed E-state index contributed by atoms with van der Waals surface area (Å²) in [6, 6.07) is 16.3. The molecular formula is C21H16N6O2. The van der Waals surface area contributed by atoms with E-state index in [-0.39, 0.29) is 24.0 Å². The van der Waals surface area contributed by atoms with Gasteiger partial charge < -0.3 is 10.6 Å². The summed E-state index contributed by atoms with van der Waals surface area (Å²) in [6.07, 6.45) is 6.83. The third-order valence-corrected chi connectivity index (χ3v) is 4.17. The Hall–Kier alpha value is -4.38. The Morgan fingerprint density at radius 3 is 2.79 bits per heavy atom. The first-order valence-electron chi connectivity index (χ1n) is 8.78. The van der Waals surface area contributed by atoms with Crippen LogP contribution in [0, 0.1) is 12.3 Å². The van der Waals surface area contributed by atoms with E-state index in [1.165, 1.54) is 6.20 Å². The van der Waals surface area contributed by atoms with Crippen molar-refractivity contribution < 1.29 is 4.79 Å². The third-order valence-electron chi connectivity index (χ3n) is 4.17. The van der Waals surface area contributed by atoms with E-state index in [4.69, 9.17) is 6.42 Å². The molecule has 0 bridgehead atoms. The van der Waals surface area contributed by atoms with Gasteiger partial charge in [-0.15, -0.1) is 6.42 Å². The van der Waals surface area contributed by atoms with Gasteiger partial charge in [0.2, 0.25) is 11.9 Å². The van der Waals surface area contributed by atoms with E-state index >= 15 is 0 Å². The first kappa shape index (κ1) is 18.0. The van der Waals surface area contributed by atoms with Crippen molar-refractivity contribution in [3.8, 4) is 18.0 Å². The van der Waals surface area contributed by atoms with Crippen molar-refractivity contribution in [2.75, 3.05) is 17.2 Å². The molecule has 4 rings (SSSR count). The second kappa shape index (κ2) is 7.70. The Kier molecular flexibility index (Phi) is 4.78. The molecule has 0 saturated carbocycles. The van der Waals surface area contributed by atoms with E-state index < -0.39 is 0 Å². The predicted molar refractivity (Wildman–Crippen MR) is 111 cm³/mol. The van der Waals surface area contributed by atoms with E-state index in [0.717, 1.165) is 5.69 Å². The molecule has 4 aromatic rings. The van der Waals surface area contributed by atoms with Gasteiger partial charge in [-0.25, -0.2) is 4.68 Å². The summed E-state index contributed by atoms with van der Waals surface area (Å²) >= 11 is 0. The summed E-state index contributed by atoms with van der Waals surface area (Å²) in [7, 11) is 0. The quantitative estimate of drug-likeness (QED) is 0.457. The van der Waals surface area contributed by atoms with Crippen LogP contribution in [-0.4, -0.2) is 32.2 Å². The van der Waals surface area contributed by atoms with Crippen LogP contribution in [-0.2, 0) is 4.79 Å². The van der Waals surface area contributed by atoms with Gasteiger partial charge in [0.25, 0.3) is 5.56 Å². The summed E-state index contributed by atoms with van der Waals surface area (Å²) in [5.41, 5.74) is 2.08. The molecule has 2 heterocycles. The van der Waals surface area contributed by atoms with Crippen LogP contribution in [0.2, 0.25) is 0 Å². The average Bonchev–Trinajstić information content (AvgIpc) is 3.18. The Balaban J connectivity index is 1.53. The molecule has 0 atom stereocenters. The number of aromatic nitrogens is 4. The maximum absolute atomic E-state index is 12.3. The zero-order valence-corrected chi connectivity index (χ0v) is 15.2. The largest absolute Gasteiger partial charge is 0.347 e. The lowest BCUT2D eigenvalue weighted by molar-refractivity contribution is -0.114. The highest BCUT2D eigenvalue weighted by molar-refractivity contribution is 5.93. The first-order valence-corrected chi connectivity index (χ1v) is 8.78. The molecule has 1 amide bonds. The van der Waals surface area contributed by atoms with Crippen molar-refractivity contribution in [3.05, 3.63) is 76.7 Å². The molecule has 0 unspecified atom stereocenters. The fourth-order valence-corrected chi connectivity index (χ4v) is 2.82. The molecule has 142 valence electrons. The monoisotopic (exact) mass is 384 g/mol. The minimum atomic E-state index is -0.346. The fourth-order valence-electron chi connectivity index (χ4n) is 2.82. The number of H-pyrrole nitrogens is 1. The van der Waals surface area contributed by atoms with Gasteiger partial charge in [0.05, 0.1) is 18.4 Å². The number of nitrogens with zero attached hydrogens (tertiary/aromatic N) is 3. The summed E-state index contributed by atoms with van der Waals surface area (Å²) in [4.78, 5) is 31.6. The number of anilines is 2. The number of carbonyl (C=O) groups excluding carboxylic acids is 1. The van der Waals surface area contributed by atoms with Crippen LogP contribution in [0.3, 0.4) is 0 Å². The summed E-state index contributed by atoms with van der Waals surface area (Å²) in [5.74, 6) is 2.38. The Bertz CT molecular complexity index is 1280. The standard InChI is InChI=1S/C21H16N6O2/c1-2-14-7-6-8-15(11-14)24-18(28)13-22-21-25-19-17(20(29)26-21)12-23-27(19)16-9-4-3-5-10-16/h1,3-12H,13H2,(H,24,28)(H2,22,25,26,29). The predicted octanol–water partition coefficient (Wildman–Crippen LogP) is 2.14. The second-order valence-electron chi connectivity index (χ2n) is 6.17. The zero-order valence-electron chi connectivity index (χ0n) is 15.2. The van der Waals surface area contributed by atoms with E-state index in [1.807, 2.05) is 30.3 Å². The molecule has 0 aliphatic carbocycles. The molecule has 0 spiro atoms. The topological polar surface area (TPSA) is 105 Å². The molecule has 2 aromatic carbocycles. The van der Waals surface area contributed by atoms with Gasteiger partial charge in [0.15, 0.2) is 5.65 Å². The van der Waals surface area contributed by atoms with Gasteiger partial charge in [-0.2, -0.15) is 10.1 Å². The summed E-state index contributed by atoms with van der Waals surface area (Å²) < 4.78 is 1.57. The number of hydrogen-bond acceptors (Lipinski definition) is 5. The number of hydrogen-bond donors (Lipinski definition) is 3. The molecule has 8 nitrogen and oxygen atoms in total. The number of nitrogens with one attached hydrogen (secondary N) is 3. The smallest absolute Gasteiger partial charge is 0.263 e. The van der Waals surface area contributed by atoms with Gasteiger partial charge in [-0.05, 0) is 30.3 Å². The van der Waals surface area contributed by atoms with Crippen molar-refractivity contribution in [2.24, 2.45) is 0 Å². The van der Waals surface area contributed by atoms with E-state index in [0.29, 0.717) is 22.3 Å². The van der Waals surface area contributed by atoms with Crippen LogP contribution in [0.4, 0.5) is 11.6 Å². The molecule has 0 aliphatic heterocycles. The van der Waals surface area contributed by atoms with E-state index in [9.17, 15) is 9.59 Å². The number of aromatic amines is 1. The molecule has 2 aromatic heterocycles. The maximum atomic E-state index is 12.3. The van der Waals surface area contributed by atoms with Crippen LogP contribution in [0.15, 0.2) is 65.6 Å². The van der Waals surface area contributed by atoms with Crippen LogP contribution < -0.4 is 16.2 Å². The Morgan fingerprint density at radius 1 is 1.17 bits per heavy atom. The zero-order chi connectivity index (χ0) is 20.2. The lowest BCUT2D eigenvalue weighted by Crippen LogP contribution is -2.24. The molecule has 0 aliphatic rings. The number of terminal acetylenes is 1. The van der Waals surface area contributed by atoms with Crippen LogP contribution >= 0.6 is 0 Å². The molecule has 0 saturated heterocycles. The van der Waals surface area contributed by atoms with E-state index in [1.54, 1.807) is 28.9 Å². The van der Waals surface area contributed by atoms with Crippen LogP contribution in [0.5, 0.6) is 0 Å². The van der Waals surface area contributed by atoms with Gasteiger partial charge in [-0.1, -0.05) is 30.2 Å². The highest BCUT2D eigenvalue weighted by Crippen LogP contribution is 2.14. The van der Waals surface area contributed by atoms with Crippen molar-refractivity contribution in [2.45, 2.75) is 0 Å². The lowest BCUT2D eigenvalue weighted by Gasteiger charge is -2.08. The Morgan fingerprint density at radius 2 is 2.00 bits per heavy atom. The molecular weight excluding hydrogens is 368 g/mol. The number of amides is 1. The Labute approximate surface area is 165 Å².